The van der Waals surface area contributed by atoms with E-state index < -0.39 is 6.04 Å². The molecule has 1 aliphatic heterocycles. The van der Waals surface area contributed by atoms with Gasteiger partial charge in [-0.2, -0.15) is 0 Å². The third-order valence-corrected chi connectivity index (χ3v) is 5.00. The first-order chi connectivity index (χ1) is 11.6. The quantitative estimate of drug-likeness (QED) is 0.917. The van der Waals surface area contributed by atoms with Crippen LogP contribution in [0.2, 0.25) is 0 Å². The van der Waals surface area contributed by atoms with Crippen LogP contribution >= 0.6 is 0 Å². The number of amides is 2. The fraction of sp³-hybridized carbons (Fsp3) is 0.579. The second-order valence-corrected chi connectivity index (χ2v) is 6.72. The molecule has 2 unspecified atom stereocenters. The molecule has 2 amide bonds. The maximum atomic E-state index is 12.4. The summed E-state index contributed by atoms with van der Waals surface area (Å²) in [6, 6.07) is 7.91. The minimum atomic E-state index is -0.477. The highest BCUT2D eigenvalue weighted by molar-refractivity contribution is 5.87. The average molecular weight is 330 g/mol. The smallest absolute Gasteiger partial charge is 0.245 e. The molecule has 3 rings (SSSR count). The molecule has 1 fully saturated rings. The van der Waals surface area contributed by atoms with Crippen molar-refractivity contribution >= 4 is 11.8 Å². The zero-order valence-corrected chi connectivity index (χ0v) is 14.3. The van der Waals surface area contributed by atoms with Crippen LogP contribution in [0.15, 0.2) is 24.3 Å². The van der Waals surface area contributed by atoms with Gasteiger partial charge in [-0.05, 0) is 43.2 Å². The van der Waals surface area contributed by atoms with Crippen LogP contribution in [0.3, 0.4) is 0 Å². The minimum absolute atomic E-state index is 0.0179. The van der Waals surface area contributed by atoms with Crippen LogP contribution in [0.1, 0.15) is 43.2 Å². The van der Waals surface area contributed by atoms with Crippen LogP contribution in [0.5, 0.6) is 0 Å². The number of benzene rings is 1. The van der Waals surface area contributed by atoms with Gasteiger partial charge in [-0.1, -0.05) is 24.3 Å². The Balaban J connectivity index is 1.55. The lowest BCUT2D eigenvalue weighted by molar-refractivity contribution is -0.139. The average Bonchev–Trinajstić information content (AvgIpc) is 2.62. The van der Waals surface area contributed by atoms with E-state index in [9.17, 15) is 9.59 Å². The van der Waals surface area contributed by atoms with Gasteiger partial charge in [0.1, 0.15) is 6.04 Å². The monoisotopic (exact) mass is 330 g/mol. The fourth-order valence-corrected chi connectivity index (χ4v) is 3.71. The first kappa shape index (κ1) is 17.0. The Kier molecular flexibility index (Phi) is 5.51. The first-order valence-corrected chi connectivity index (χ1v) is 8.89. The second-order valence-electron chi connectivity index (χ2n) is 6.72. The second kappa shape index (κ2) is 7.79. The van der Waals surface area contributed by atoms with Gasteiger partial charge in [0.15, 0.2) is 0 Å². The summed E-state index contributed by atoms with van der Waals surface area (Å²) in [6.07, 6.45) is 3.71. The number of carbonyl (C=O) groups is 2. The van der Waals surface area contributed by atoms with Crippen molar-refractivity contribution in [2.75, 3.05) is 26.3 Å². The van der Waals surface area contributed by atoms with E-state index in [0.29, 0.717) is 32.7 Å². The molecule has 2 aliphatic rings. The standard InChI is InChI=1S/C19H26N2O3/c1-14(19(23)21-9-11-24-12-10-21)20-18(22)13-16-7-4-6-15-5-2-3-8-17(15)16/h2-3,5,8,14,16H,4,6-7,9-13H2,1H3,(H,20,22). The number of nitrogens with one attached hydrogen (secondary N) is 1. The predicted octanol–water partition coefficient (Wildman–Crippen LogP) is 1.86. The van der Waals surface area contributed by atoms with Crippen molar-refractivity contribution in [1.29, 1.82) is 0 Å². The van der Waals surface area contributed by atoms with Crippen molar-refractivity contribution in [3.8, 4) is 0 Å². The molecule has 0 saturated carbocycles. The molecule has 0 bridgehead atoms. The molecule has 1 aromatic carbocycles. The van der Waals surface area contributed by atoms with Crippen molar-refractivity contribution in [3.63, 3.8) is 0 Å². The van der Waals surface area contributed by atoms with E-state index in [1.54, 1.807) is 11.8 Å². The Bertz CT molecular complexity index is 596. The number of fused-ring (bicyclic) bond motifs is 1. The molecule has 5 heteroatoms. The minimum Gasteiger partial charge on any atom is -0.378 e. The number of morpholine rings is 1. The number of hydrogen-bond acceptors (Lipinski definition) is 3. The zero-order valence-electron chi connectivity index (χ0n) is 14.3. The van der Waals surface area contributed by atoms with E-state index in [2.05, 4.69) is 23.5 Å². The van der Waals surface area contributed by atoms with Crippen LogP contribution in [0, 0.1) is 0 Å². The molecular formula is C19H26N2O3. The number of ether oxygens (including phenoxy) is 1. The van der Waals surface area contributed by atoms with Gasteiger partial charge < -0.3 is 15.0 Å². The van der Waals surface area contributed by atoms with Gasteiger partial charge in [0.05, 0.1) is 13.2 Å². The lowest BCUT2D eigenvalue weighted by atomic mass is 9.81. The van der Waals surface area contributed by atoms with Crippen LogP contribution in [0.4, 0.5) is 0 Å². The van der Waals surface area contributed by atoms with Gasteiger partial charge >= 0.3 is 0 Å². The van der Waals surface area contributed by atoms with E-state index in [1.807, 2.05) is 6.07 Å². The van der Waals surface area contributed by atoms with Crippen LogP contribution < -0.4 is 5.32 Å². The van der Waals surface area contributed by atoms with Gasteiger partial charge in [0, 0.05) is 19.5 Å². The summed E-state index contributed by atoms with van der Waals surface area (Å²) < 4.78 is 5.26. The molecule has 1 aromatic rings. The summed E-state index contributed by atoms with van der Waals surface area (Å²) in [7, 11) is 0. The lowest BCUT2D eigenvalue weighted by Gasteiger charge is -2.30. The summed E-state index contributed by atoms with van der Waals surface area (Å²) in [4.78, 5) is 26.6. The van der Waals surface area contributed by atoms with Gasteiger partial charge in [-0.15, -0.1) is 0 Å². The Morgan fingerprint density at radius 3 is 2.83 bits per heavy atom. The molecule has 1 heterocycles. The normalized spacial score (nSPS) is 21.7. The van der Waals surface area contributed by atoms with Crippen molar-refractivity contribution in [2.45, 2.75) is 44.6 Å². The maximum absolute atomic E-state index is 12.4. The van der Waals surface area contributed by atoms with E-state index in [1.165, 1.54) is 11.1 Å². The van der Waals surface area contributed by atoms with Crippen LogP contribution in [-0.4, -0.2) is 49.1 Å². The molecule has 130 valence electrons. The number of aryl methyl sites for hydroxylation is 1. The first-order valence-electron chi connectivity index (χ1n) is 8.89. The largest absolute Gasteiger partial charge is 0.378 e. The van der Waals surface area contributed by atoms with E-state index >= 15 is 0 Å². The van der Waals surface area contributed by atoms with Crippen molar-refractivity contribution in [3.05, 3.63) is 35.4 Å². The van der Waals surface area contributed by atoms with Crippen LogP contribution in [0.25, 0.3) is 0 Å². The third-order valence-electron chi connectivity index (χ3n) is 5.00. The summed E-state index contributed by atoms with van der Waals surface area (Å²) in [6.45, 7) is 4.13. The SMILES string of the molecule is CC(NC(=O)CC1CCCc2ccccc21)C(=O)N1CCOCC1. The zero-order chi connectivity index (χ0) is 16.9. The molecular weight excluding hydrogens is 304 g/mol. The molecule has 1 saturated heterocycles. The third kappa shape index (κ3) is 3.96. The Morgan fingerprint density at radius 2 is 2.04 bits per heavy atom. The molecule has 2 atom stereocenters. The molecule has 5 nitrogen and oxygen atoms in total. The summed E-state index contributed by atoms with van der Waals surface area (Å²) in [5.74, 6) is 0.210. The summed E-state index contributed by atoms with van der Waals surface area (Å²) in [5.41, 5.74) is 2.66. The Morgan fingerprint density at radius 1 is 1.29 bits per heavy atom. The van der Waals surface area contributed by atoms with E-state index in [4.69, 9.17) is 4.74 Å². The van der Waals surface area contributed by atoms with Crippen molar-refractivity contribution in [2.24, 2.45) is 0 Å². The van der Waals surface area contributed by atoms with Gasteiger partial charge in [0.25, 0.3) is 0 Å². The molecule has 0 radical (unpaired) electrons. The van der Waals surface area contributed by atoms with Crippen molar-refractivity contribution < 1.29 is 14.3 Å². The summed E-state index contributed by atoms with van der Waals surface area (Å²) in [5, 5.41) is 2.88. The predicted molar refractivity (Wildman–Crippen MR) is 91.7 cm³/mol. The molecule has 1 N–H and O–H groups in total. The van der Waals surface area contributed by atoms with Crippen LogP contribution in [-0.2, 0) is 20.7 Å². The van der Waals surface area contributed by atoms with E-state index in [0.717, 1.165) is 19.3 Å². The lowest BCUT2D eigenvalue weighted by Crippen LogP contribution is -2.50. The number of rotatable bonds is 4. The van der Waals surface area contributed by atoms with Gasteiger partial charge in [0.2, 0.25) is 11.8 Å². The molecule has 0 aromatic heterocycles. The highest BCUT2D eigenvalue weighted by Gasteiger charge is 2.26. The highest BCUT2D eigenvalue weighted by atomic mass is 16.5. The van der Waals surface area contributed by atoms with Gasteiger partial charge in [-0.25, -0.2) is 0 Å². The molecule has 24 heavy (non-hydrogen) atoms. The topological polar surface area (TPSA) is 58.6 Å². The number of hydrogen-bond donors (Lipinski definition) is 1. The van der Waals surface area contributed by atoms with E-state index in [-0.39, 0.29) is 17.7 Å². The fourth-order valence-electron chi connectivity index (χ4n) is 3.71. The van der Waals surface area contributed by atoms with Gasteiger partial charge in [-0.3, -0.25) is 9.59 Å². The highest BCUT2D eigenvalue weighted by Crippen LogP contribution is 2.33. The maximum Gasteiger partial charge on any atom is 0.245 e. The Hall–Kier alpha value is -1.88. The molecule has 1 aliphatic carbocycles. The number of nitrogens with zero attached hydrogens (tertiary/aromatic N) is 1. The molecule has 0 spiro atoms. The Labute approximate surface area is 143 Å². The summed E-state index contributed by atoms with van der Waals surface area (Å²) >= 11 is 0. The number of carbonyl (C=O) groups excluding carboxylic acids is 2. The van der Waals surface area contributed by atoms with Crippen molar-refractivity contribution in [1.82, 2.24) is 10.2 Å².